The molecule has 1 rings (SSSR count). The van der Waals surface area contributed by atoms with Gasteiger partial charge < -0.3 is 0 Å². The molecule has 50 valence electrons. The first-order valence-corrected chi connectivity index (χ1v) is 3.37. The molecule has 1 aliphatic rings. The van der Waals surface area contributed by atoms with E-state index in [9.17, 15) is 4.91 Å². The summed E-state index contributed by atoms with van der Waals surface area (Å²) in [6.07, 6.45) is 7.62. The zero-order chi connectivity index (χ0) is 6.53. The Morgan fingerprint density at radius 1 is 1.56 bits per heavy atom. The summed E-state index contributed by atoms with van der Waals surface area (Å²) in [5.74, 6) is 0.535. The topological polar surface area (TPSA) is 29.4 Å². The minimum Gasteiger partial charge on any atom is -0.151 e. The van der Waals surface area contributed by atoms with Crippen molar-refractivity contribution in [1.29, 1.82) is 0 Å². The highest BCUT2D eigenvalue weighted by Crippen LogP contribution is 2.17. The van der Waals surface area contributed by atoms with Crippen molar-refractivity contribution < 1.29 is 0 Å². The van der Waals surface area contributed by atoms with Gasteiger partial charge in [0.2, 0.25) is 0 Å². The van der Waals surface area contributed by atoms with E-state index in [2.05, 4.69) is 17.3 Å². The summed E-state index contributed by atoms with van der Waals surface area (Å²) in [5, 5.41) is 2.88. The lowest BCUT2D eigenvalue weighted by molar-refractivity contribution is 0.491. The Balaban J connectivity index is 2.26. The quantitative estimate of drug-likeness (QED) is 0.410. The van der Waals surface area contributed by atoms with Crippen LogP contribution in [-0.2, 0) is 0 Å². The molecular formula is C7H11NO. The molecule has 0 unspecified atom stereocenters. The Labute approximate surface area is 54.9 Å². The van der Waals surface area contributed by atoms with Crippen molar-refractivity contribution in [2.75, 3.05) is 6.54 Å². The Morgan fingerprint density at radius 3 is 3.00 bits per heavy atom. The van der Waals surface area contributed by atoms with Gasteiger partial charge in [-0.15, -0.1) is 0 Å². The van der Waals surface area contributed by atoms with Gasteiger partial charge in [0, 0.05) is 0 Å². The SMILES string of the molecule is O=NC[C@@H]1CC=CCC1. The van der Waals surface area contributed by atoms with E-state index in [4.69, 9.17) is 0 Å². The second kappa shape index (κ2) is 3.38. The molecule has 0 aliphatic heterocycles. The van der Waals surface area contributed by atoms with Gasteiger partial charge in [-0.1, -0.05) is 17.3 Å². The lowest BCUT2D eigenvalue weighted by Gasteiger charge is -2.12. The minimum absolute atomic E-state index is 0.504. The fourth-order valence-electron chi connectivity index (χ4n) is 1.13. The molecule has 2 nitrogen and oxygen atoms in total. The van der Waals surface area contributed by atoms with E-state index in [0.29, 0.717) is 12.5 Å². The molecule has 0 amide bonds. The number of allylic oxidation sites excluding steroid dienone is 2. The smallest absolute Gasteiger partial charge is 0.0842 e. The van der Waals surface area contributed by atoms with Crippen LogP contribution < -0.4 is 0 Å². The fourth-order valence-corrected chi connectivity index (χ4v) is 1.13. The largest absolute Gasteiger partial charge is 0.151 e. The van der Waals surface area contributed by atoms with Gasteiger partial charge in [0.25, 0.3) is 0 Å². The summed E-state index contributed by atoms with van der Waals surface area (Å²) < 4.78 is 0. The summed E-state index contributed by atoms with van der Waals surface area (Å²) in [7, 11) is 0. The first kappa shape index (κ1) is 6.46. The van der Waals surface area contributed by atoms with Crippen LogP contribution in [0.2, 0.25) is 0 Å². The maximum atomic E-state index is 9.80. The van der Waals surface area contributed by atoms with Crippen LogP contribution in [0.5, 0.6) is 0 Å². The summed E-state index contributed by atoms with van der Waals surface area (Å²) in [4.78, 5) is 9.80. The van der Waals surface area contributed by atoms with Gasteiger partial charge >= 0.3 is 0 Å². The van der Waals surface area contributed by atoms with Crippen molar-refractivity contribution in [3.63, 3.8) is 0 Å². The van der Waals surface area contributed by atoms with E-state index in [1.165, 1.54) is 0 Å². The normalized spacial score (nSPS) is 26.0. The van der Waals surface area contributed by atoms with Crippen LogP contribution >= 0.6 is 0 Å². The lowest BCUT2D eigenvalue weighted by Crippen LogP contribution is -2.05. The highest BCUT2D eigenvalue weighted by Gasteiger charge is 2.08. The summed E-state index contributed by atoms with van der Waals surface area (Å²) in [6.45, 7) is 0.504. The molecular weight excluding hydrogens is 114 g/mol. The van der Waals surface area contributed by atoms with Gasteiger partial charge in [0.1, 0.15) is 0 Å². The van der Waals surface area contributed by atoms with Gasteiger partial charge in [-0.25, -0.2) is 0 Å². The van der Waals surface area contributed by atoms with Crippen molar-refractivity contribution in [3.8, 4) is 0 Å². The number of hydrogen-bond donors (Lipinski definition) is 0. The standard InChI is InChI=1S/C7H11NO/c9-8-6-7-4-2-1-3-5-7/h1-2,7H,3-6H2/t7-/m1/s1. The zero-order valence-corrected chi connectivity index (χ0v) is 5.42. The van der Waals surface area contributed by atoms with Crippen LogP contribution in [0.15, 0.2) is 17.3 Å². The van der Waals surface area contributed by atoms with Crippen molar-refractivity contribution in [2.24, 2.45) is 11.1 Å². The second-order valence-corrected chi connectivity index (χ2v) is 2.46. The average Bonchev–Trinajstić information content (AvgIpc) is 1.91. The molecule has 2 heteroatoms. The predicted octanol–water partition coefficient (Wildman–Crippen LogP) is 2.11. The van der Waals surface area contributed by atoms with E-state index in [1.807, 2.05) is 0 Å². The third-order valence-corrected chi connectivity index (χ3v) is 1.71. The van der Waals surface area contributed by atoms with Gasteiger partial charge in [-0.2, -0.15) is 4.91 Å². The Morgan fingerprint density at radius 2 is 2.44 bits per heavy atom. The van der Waals surface area contributed by atoms with Crippen LogP contribution in [0.25, 0.3) is 0 Å². The Kier molecular flexibility index (Phi) is 2.43. The van der Waals surface area contributed by atoms with Crippen LogP contribution in [-0.4, -0.2) is 6.54 Å². The molecule has 0 bridgehead atoms. The second-order valence-electron chi connectivity index (χ2n) is 2.46. The predicted molar refractivity (Wildman–Crippen MR) is 37.1 cm³/mol. The number of nitroso groups, excluding NO2 is 1. The highest BCUT2D eigenvalue weighted by atomic mass is 16.3. The molecule has 0 aromatic rings. The van der Waals surface area contributed by atoms with E-state index < -0.39 is 0 Å². The minimum atomic E-state index is 0.504. The maximum Gasteiger partial charge on any atom is 0.0842 e. The molecule has 0 saturated heterocycles. The first-order chi connectivity index (χ1) is 4.43. The fraction of sp³-hybridized carbons (Fsp3) is 0.714. The van der Waals surface area contributed by atoms with Crippen LogP contribution in [0.1, 0.15) is 19.3 Å². The Bertz CT molecular complexity index is 120. The molecule has 0 fully saturated rings. The molecule has 0 saturated carbocycles. The lowest BCUT2D eigenvalue weighted by atomic mass is 9.95. The van der Waals surface area contributed by atoms with E-state index in [-0.39, 0.29) is 0 Å². The highest BCUT2D eigenvalue weighted by molar-refractivity contribution is 4.90. The first-order valence-electron chi connectivity index (χ1n) is 3.37. The van der Waals surface area contributed by atoms with Gasteiger partial charge in [0.15, 0.2) is 0 Å². The van der Waals surface area contributed by atoms with E-state index >= 15 is 0 Å². The van der Waals surface area contributed by atoms with Crippen molar-refractivity contribution >= 4 is 0 Å². The van der Waals surface area contributed by atoms with Crippen molar-refractivity contribution in [1.82, 2.24) is 0 Å². The van der Waals surface area contributed by atoms with Crippen molar-refractivity contribution in [3.05, 3.63) is 17.1 Å². The van der Waals surface area contributed by atoms with Gasteiger partial charge in [-0.05, 0) is 25.2 Å². The van der Waals surface area contributed by atoms with Crippen LogP contribution in [0, 0.1) is 10.8 Å². The van der Waals surface area contributed by atoms with E-state index in [0.717, 1.165) is 19.3 Å². The molecule has 9 heavy (non-hydrogen) atoms. The molecule has 1 atom stereocenters. The molecule has 0 heterocycles. The van der Waals surface area contributed by atoms with Crippen LogP contribution in [0.4, 0.5) is 0 Å². The van der Waals surface area contributed by atoms with Gasteiger partial charge in [-0.3, -0.25) is 0 Å². The molecule has 0 aromatic heterocycles. The molecule has 0 N–H and O–H groups in total. The number of hydrogen-bond acceptors (Lipinski definition) is 2. The number of rotatable bonds is 2. The third kappa shape index (κ3) is 1.96. The average molecular weight is 125 g/mol. The number of nitrogens with zero attached hydrogens (tertiary/aromatic N) is 1. The maximum absolute atomic E-state index is 9.80. The summed E-state index contributed by atoms with van der Waals surface area (Å²) >= 11 is 0. The third-order valence-electron chi connectivity index (χ3n) is 1.71. The van der Waals surface area contributed by atoms with Crippen LogP contribution in [0.3, 0.4) is 0 Å². The molecule has 0 aromatic carbocycles. The molecule has 0 spiro atoms. The Hall–Kier alpha value is -0.660. The zero-order valence-electron chi connectivity index (χ0n) is 5.42. The van der Waals surface area contributed by atoms with Crippen molar-refractivity contribution in [2.45, 2.75) is 19.3 Å². The molecule has 0 radical (unpaired) electrons. The summed E-state index contributed by atoms with van der Waals surface area (Å²) in [6, 6.07) is 0. The summed E-state index contributed by atoms with van der Waals surface area (Å²) in [5.41, 5.74) is 0. The van der Waals surface area contributed by atoms with E-state index in [1.54, 1.807) is 0 Å². The molecule has 1 aliphatic carbocycles. The van der Waals surface area contributed by atoms with Gasteiger partial charge in [0.05, 0.1) is 6.54 Å². The monoisotopic (exact) mass is 125 g/mol.